The standard InChI is InChI=1S/C13H17F2NO4S/c1-2-9-7-16(5-6-20-9)21(18,19)12-4-3-11(14)10(8-17)13(12)15/h3-4,9,17H,2,5-8H2,1H3. The van der Waals surface area contributed by atoms with Gasteiger partial charge in [-0.15, -0.1) is 0 Å². The van der Waals surface area contributed by atoms with E-state index in [0.29, 0.717) is 6.42 Å². The highest BCUT2D eigenvalue weighted by atomic mass is 32.2. The molecule has 8 heteroatoms. The number of benzene rings is 1. The third-order valence-electron chi connectivity index (χ3n) is 3.48. The van der Waals surface area contributed by atoms with Gasteiger partial charge < -0.3 is 9.84 Å². The lowest BCUT2D eigenvalue weighted by Crippen LogP contribution is -2.45. The summed E-state index contributed by atoms with van der Waals surface area (Å²) in [6.45, 7) is 1.44. The zero-order valence-corrected chi connectivity index (χ0v) is 12.4. The summed E-state index contributed by atoms with van der Waals surface area (Å²) >= 11 is 0. The average Bonchev–Trinajstić information content (AvgIpc) is 2.47. The molecule has 118 valence electrons. The molecule has 1 aromatic carbocycles. The van der Waals surface area contributed by atoms with Crippen molar-refractivity contribution in [2.24, 2.45) is 0 Å². The molecule has 1 unspecified atom stereocenters. The van der Waals surface area contributed by atoms with Crippen LogP contribution < -0.4 is 0 Å². The second kappa shape index (κ2) is 6.35. The minimum Gasteiger partial charge on any atom is -0.391 e. The van der Waals surface area contributed by atoms with E-state index >= 15 is 0 Å². The zero-order chi connectivity index (χ0) is 15.6. The fraction of sp³-hybridized carbons (Fsp3) is 0.538. The van der Waals surface area contributed by atoms with Crippen molar-refractivity contribution in [3.05, 3.63) is 29.3 Å². The van der Waals surface area contributed by atoms with E-state index in [1.165, 1.54) is 0 Å². The first-order valence-corrected chi connectivity index (χ1v) is 8.05. The van der Waals surface area contributed by atoms with Gasteiger partial charge in [-0.05, 0) is 18.6 Å². The molecular weight excluding hydrogens is 304 g/mol. The minimum absolute atomic E-state index is 0.115. The van der Waals surface area contributed by atoms with Crippen molar-refractivity contribution in [3.63, 3.8) is 0 Å². The Hall–Kier alpha value is -1.09. The Bertz CT molecular complexity index is 621. The van der Waals surface area contributed by atoms with E-state index < -0.39 is 38.7 Å². The number of hydrogen-bond donors (Lipinski definition) is 1. The summed E-state index contributed by atoms with van der Waals surface area (Å²) in [5.74, 6) is -2.21. The van der Waals surface area contributed by atoms with Crippen LogP contribution in [0.1, 0.15) is 18.9 Å². The second-order valence-electron chi connectivity index (χ2n) is 4.76. The number of ether oxygens (including phenoxy) is 1. The molecule has 1 aliphatic heterocycles. The number of sulfonamides is 1. The molecule has 1 fully saturated rings. The number of morpholine rings is 1. The molecule has 0 saturated carbocycles. The van der Waals surface area contributed by atoms with E-state index in [1.807, 2.05) is 6.92 Å². The third-order valence-corrected chi connectivity index (χ3v) is 5.37. The van der Waals surface area contributed by atoms with Gasteiger partial charge in [0.25, 0.3) is 0 Å². The molecule has 2 rings (SSSR count). The predicted molar refractivity (Wildman–Crippen MR) is 71.1 cm³/mol. The fourth-order valence-corrected chi connectivity index (χ4v) is 3.76. The van der Waals surface area contributed by atoms with Crippen LogP contribution in [0, 0.1) is 11.6 Å². The van der Waals surface area contributed by atoms with Crippen molar-refractivity contribution >= 4 is 10.0 Å². The highest BCUT2D eigenvalue weighted by molar-refractivity contribution is 7.89. The Kier molecular flexibility index (Phi) is 4.92. The minimum atomic E-state index is -4.08. The predicted octanol–water partition coefficient (Wildman–Crippen LogP) is 1.26. The van der Waals surface area contributed by atoms with Crippen molar-refractivity contribution < 1.29 is 27.0 Å². The first-order valence-electron chi connectivity index (χ1n) is 6.61. The van der Waals surface area contributed by atoms with Gasteiger partial charge in [-0.3, -0.25) is 0 Å². The van der Waals surface area contributed by atoms with Crippen LogP contribution in [0.3, 0.4) is 0 Å². The number of nitrogens with zero attached hydrogens (tertiary/aromatic N) is 1. The van der Waals surface area contributed by atoms with E-state index in [4.69, 9.17) is 9.84 Å². The van der Waals surface area contributed by atoms with E-state index in [-0.39, 0.29) is 25.8 Å². The molecule has 1 atom stereocenters. The Morgan fingerprint density at radius 2 is 2.14 bits per heavy atom. The highest BCUT2D eigenvalue weighted by Crippen LogP contribution is 2.25. The summed E-state index contributed by atoms with van der Waals surface area (Å²) in [7, 11) is -4.08. The number of aliphatic hydroxyl groups excluding tert-OH is 1. The van der Waals surface area contributed by atoms with Gasteiger partial charge in [0.05, 0.1) is 24.9 Å². The molecule has 0 radical (unpaired) electrons. The van der Waals surface area contributed by atoms with E-state index in [0.717, 1.165) is 16.4 Å². The quantitative estimate of drug-likeness (QED) is 0.906. The lowest BCUT2D eigenvalue weighted by molar-refractivity contribution is -0.00284. The molecule has 1 heterocycles. The van der Waals surface area contributed by atoms with Crippen LogP contribution in [0.2, 0.25) is 0 Å². The van der Waals surface area contributed by atoms with Crippen LogP contribution >= 0.6 is 0 Å². The van der Waals surface area contributed by atoms with Crippen molar-refractivity contribution in [3.8, 4) is 0 Å². The molecule has 21 heavy (non-hydrogen) atoms. The molecule has 0 aliphatic carbocycles. The molecule has 1 aromatic rings. The normalized spacial score (nSPS) is 20.7. The fourth-order valence-electron chi connectivity index (χ4n) is 2.22. The second-order valence-corrected chi connectivity index (χ2v) is 6.67. The molecule has 1 saturated heterocycles. The summed E-state index contributed by atoms with van der Waals surface area (Å²) in [5, 5.41) is 8.97. The van der Waals surface area contributed by atoms with Crippen LogP contribution in [0.15, 0.2) is 17.0 Å². The van der Waals surface area contributed by atoms with Crippen LogP contribution in [0.5, 0.6) is 0 Å². The van der Waals surface area contributed by atoms with Crippen molar-refractivity contribution in [1.29, 1.82) is 0 Å². The lowest BCUT2D eigenvalue weighted by atomic mass is 10.2. The summed E-state index contributed by atoms with van der Waals surface area (Å²) < 4.78 is 58.9. The van der Waals surface area contributed by atoms with E-state index in [2.05, 4.69) is 0 Å². The molecule has 0 aromatic heterocycles. The van der Waals surface area contributed by atoms with Gasteiger partial charge in [0.1, 0.15) is 10.7 Å². The highest BCUT2D eigenvalue weighted by Gasteiger charge is 2.33. The summed E-state index contributed by atoms with van der Waals surface area (Å²) in [5.41, 5.74) is -0.642. The summed E-state index contributed by atoms with van der Waals surface area (Å²) in [6, 6.07) is 1.73. The third kappa shape index (κ3) is 3.08. The number of aliphatic hydroxyl groups is 1. The number of rotatable bonds is 4. The Labute approximate surface area is 122 Å². The maximum Gasteiger partial charge on any atom is 0.246 e. The van der Waals surface area contributed by atoms with Crippen molar-refractivity contribution in [2.75, 3.05) is 19.7 Å². The van der Waals surface area contributed by atoms with Crippen LogP contribution in [-0.2, 0) is 21.4 Å². The number of hydrogen-bond acceptors (Lipinski definition) is 4. The lowest BCUT2D eigenvalue weighted by Gasteiger charge is -2.31. The van der Waals surface area contributed by atoms with Gasteiger partial charge in [0.15, 0.2) is 5.82 Å². The smallest absolute Gasteiger partial charge is 0.246 e. The van der Waals surface area contributed by atoms with Gasteiger partial charge in [0, 0.05) is 13.1 Å². The van der Waals surface area contributed by atoms with Crippen molar-refractivity contribution in [1.82, 2.24) is 4.31 Å². The molecule has 0 bridgehead atoms. The van der Waals surface area contributed by atoms with E-state index in [1.54, 1.807) is 0 Å². The van der Waals surface area contributed by atoms with Gasteiger partial charge in [-0.25, -0.2) is 17.2 Å². The van der Waals surface area contributed by atoms with Crippen LogP contribution in [-0.4, -0.2) is 43.6 Å². The maximum absolute atomic E-state index is 14.1. The first kappa shape index (κ1) is 16.3. The molecule has 0 spiro atoms. The SMILES string of the molecule is CCC1CN(S(=O)(=O)c2ccc(F)c(CO)c2F)CCO1. The van der Waals surface area contributed by atoms with E-state index in [9.17, 15) is 17.2 Å². The van der Waals surface area contributed by atoms with Gasteiger partial charge in [-0.2, -0.15) is 4.31 Å². The van der Waals surface area contributed by atoms with Crippen LogP contribution in [0.4, 0.5) is 8.78 Å². The summed E-state index contributed by atoms with van der Waals surface area (Å²) in [6.07, 6.45) is 0.397. The van der Waals surface area contributed by atoms with Crippen LogP contribution in [0.25, 0.3) is 0 Å². The molecular formula is C13H17F2NO4S. The van der Waals surface area contributed by atoms with Crippen molar-refractivity contribution in [2.45, 2.75) is 31.0 Å². The monoisotopic (exact) mass is 321 g/mol. The Morgan fingerprint density at radius 3 is 2.76 bits per heavy atom. The molecule has 1 N–H and O–H groups in total. The molecule has 0 amide bonds. The summed E-state index contributed by atoms with van der Waals surface area (Å²) in [4.78, 5) is -0.621. The molecule has 5 nitrogen and oxygen atoms in total. The maximum atomic E-state index is 14.1. The average molecular weight is 321 g/mol. The number of halogens is 2. The zero-order valence-electron chi connectivity index (χ0n) is 11.6. The van der Waals surface area contributed by atoms with Gasteiger partial charge in [0.2, 0.25) is 10.0 Å². The van der Waals surface area contributed by atoms with Gasteiger partial charge >= 0.3 is 0 Å². The Morgan fingerprint density at radius 1 is 1.43 bits per heavy atom. The Balaban J connectivity index is 2.40. The first-order chi connectivity index (χ1) is 9.91. The van der Waals surface area contributed by atoms with Gasteiger partial charge in [-0.1, -0.05) is 6.92 Å². The molecule has 1 aliphatic rings. The topological polar surface area (TPSA) is 66.8 Å². The largest absolute Gasteiger partial charge is 0.391 e.